The lowest BCUT2D eigenvalue weighted by atomic mass is 10.3. The van der Waals surface area contributed by atoms with Crippen LogP contribution in [0.1, 0.15) is 30.5 Å². The fourth-order valence-corrected chi connectivity index (χ4v) is 1.76. The summed E-state index contributed by atoms with van der Waals surface area (Å²) < 4.78 is 5.04. The Hall–Kier alpha value is -2.21. The average molecular weight is 243 g/mol. The van der Waals surface area contributed by atoms with Gasteiger partial charge in [-0.05, 0) is 19.1 Å². The number of benzene rings is 1. The zero-order valence-corrected chi connectivity index (χ0v) is 9.92. The van der Waals surface area contributed by atoms with Gasteiger partial charge in [0.1, 0.15) is 5.82 Å². The van der Waals surface area contributed by atoms with Crippen molar-refractivity contribution in [1.29, 1.82) is 0 Å². The number of hydrogen-bond acceptors (Lipinski definition) is 5. The van der Waals surface area contributed by atoms with Crippen molar-refractivity contribution >= 4 is 11.0 Å². The number of fused-ring (bicyclic) bond motifs is 1. The van der Waals surface area contributed by atoms with Crippen LogP contribution in [-0.2, 0) is 6.42 Å². The lowest BCUT2D eigenvalue weighted by molar-refractivity contribution is 0.357. The molecule has 0 spiro atoms. The van der Waals surface area contributed by atoms with Crippen molar-refractivity contribution in [3.63, 3.8) is 0 Å². The van der Waals surface area contributed by atoms with E-state index < -0.39 is 0 Å². The monoisotopic (exact) mass is 243 g/mol. The molecule has 18 heavy (non-hydrogen) atoms. The molecule has 1 aromatic carbocycles. The number of rotatable bonds is 3. The Morgan fingerprint density at radius 1 is 1.33 bits per heavy atom. The molecule has 3 aromatic rings. The Balaban J connectivity index is 1.86. The molecule has 0 radical (unpaired) electrons. The van der Waals surface area contributed by atoms with Gasteiger partial charge in [0.25, 0.3) is 0 Å². The molecule has 0 aliphatic carbocycles. The van der Waals surface area contributed by atoms with Crippen LogP contribution in [0, 0.1) is 0 Å². The standard InChI is InChI=1S/C12H13N5O/c1-7(13)12-16-11(17-18-12)6-10-14-8-4-2-3-5-9(8)15-10/h2-5,7H,6,13H2,1H3,(H,14,15)/t7-/m1/s1. The minimum atomic E-state index is -0.248. The van der Waals surface area contributed by atoms with E-state index in [0.717, 1.165) is 16.9 Å². The number of imidazole rings is 1. The van der Waals surface area contributed by atoms with Crippen molar-refractivity contribution in [2.75, 3.05) is 0 Å². The van der Waals surface area contributed by atoms with E-state index in [4.69, 9.17) is 10.3 Å². The summed E-state index contributed by atoms with van der Waals surface area (Å²) in [6, 6.07) is 7.61. The molecule has 2 aromatic heterocycles. The molecule has 0 unspecified atom stereocenters. The summed E-state index contributed by atoms with van der Waals surface area (Å²) in [5.74, 6) is 1.84. The van der Waals surface area contributed by atoms with E-state index in [1.165, 1.54) is 0 Å². The summed E-state index contributed by atoms with van der Waals surface area (Å²) in [4.78, 5) is 11.9. The maximum absolute atomic E-state index is 5.66. The van der Waals surface area contributed by atoms with E-state index in [1.54, 1.807) is 6.92 Å². The molecule has 3 rings (SSSR count). The van der Waals surface area contributed by atoms with Crippen LogP contribution in [-0.4, -0.2) is 20.1 Å². The largest absolute Gasteiger partial charge is 0.342 e. The summed E-state index contributed by atoms with van der Waals surface area (Å²) in [6.07, 6.45) is 0.505. The third kappa shape index (κ3) is 1.98. The maximum atomic E-state index is 5.66. The second-order valence-electron chi connectivity index (χ2n) is 4.21. The fourth-order valence-electron chi connectivity index (χ4n) is 1.76. The van der Waals surface area contributed by atoms with E-state index >= 15 is 0 Å². The van der Waals surface area contributed by atoms with E-state index in [1.807, 2.05) is 24.3 Å². The molecule has 0 fully saturated rings. The van der Waals surface area contributed by atoms with Gasteiger partial charge < -0.3 is 15.2 Å². The number of para-hydroxylation sites is 2. The first-order valence-corrected chi connectivity index (χ1v) is 5.74. The van der Waals surface area contributed by atoms with Gasteiger partial charge in [0, 0.05) is 0 Å². The molecular formula is C12H13N5O. The van der Waals surface area contributed by atoms with E-state index in [0.29, 0.717) is 18.1 Å². The Kier molecular flexibility index (Phi) is 2.56. The Labute approximate surface area is 103 Å². The van der Waals surface area contributed by atoms with Gasteiger partial charge in [-0.2, -0.15) is 4.98 Å². The van der Waals surface area contributed by atoms with Crippen LogP contribution in [0.25, 0.3) is 11.0 Å². The number of nitrogens with zero attached hydrogens (tertiary/aromatic N) is 3. The molecule has 92 valence electrons. The summed E-state index contributed by atoms with van der Waals surface area (Å²) in [5.41, 5.74) is 7.60. The van der Waals surface area contributed by atoms with Crippen LogP contribution in [0.15, 0.2) is 28.8 Å². The molecule has 0 amide bonds. The smallest absolute Gasteiger partial charge is 0.243 e. The Morgan fingerprint density at radius 3 is 2.89 bits per heavy atom. The van der Waals surface area contributed by atoms with Crippen LogP contribution in [0.3, 0.4) is 0 Å². The second kappa shape index (κ2) is 4.23. The topological polar surface area (TPSA) is 93.6 Å². The van der Waals surface area contributed by atoms with Crippen molar-refractivity contribution in [2.45, 2.75) is 19.4 Å². The van der Waals surface area contributed by atoms with E-state index in [2.05, 4.69) is 20.1 Å². The zero-order chi connectivity index (χ0) is 12.5. The molecular weight excluding hydrogens is 230 g/mol. The average Bonchev–Trinajstić information content (AvgIpc) is 2.94. The van der Waals surface area contributed by atoms with Crippen molar-refractivity contribution < 1.29 is 4.52 Å². The van der Waals surface area contributed by atoms with Crippen LogP contribution in [0.4, 0.5) is 0 Å². The molecule has 6 heteroatoms. The number of nitrogens with one attached hydrogen (secondary N) is 1. The lowest BCUT2D eigenvalue weighted by Crippen LogP contribution is -2.05. The first-order valence-electron chi connectivity index (χ1n) is 5.74. The molecule has 0 saturated carbocycles. The number of hydrogen-bond donors (Lipinski definition) is 2. The molecule has 0 aliphatic rings. The number of nitrogens with two attached hydrogens (primary N) is 1. The predicted octanol–water partition coefficient (Wildman–Crippen LogP) is 1.56. The predicted molar refractivity (Wildman–Crippen MR) is 65.8 cm³/mol. The van der Waals surface area contributed by atoms with Gasteiger partial charge in [0.15, 0.2) is 5.82 Å². The summed E-state index contributed by atoms with van der Waals surface area (Å²) in [5, 5.41) is 3.88. The summed E-state index contributed by atoms with van der Waals surface area (Å²) in [7, 11) is 0. The SMILES string of the molecule is C[C@@H](N)c1nc(Cc2nc3ccccc3[nH]2)no1. The van der Waals surface area contributed by atoms with Gasteiger partial charge in [-0.3, -0.25) is 0 Å². The zero-order valence-electron chi connectivity index (χ0n) is 9.92. The fraction of sp³-hybridized carbons (Fsp3) is 0.250. The van der Waals surface area contributed by atoms with E-state index in [-0.39, 0.29) is 6.04 Å². The first-order chi connectivity index (χ1) is 8.72. The quantitative estimate of drug-likeness (QED) is 0.728. The molecule has 2 heterocycles. The lowest BCUT2D eigenvalue weighted by Gasteiger charge is -1.92. The molecule has 3 N–H and O–H groups in total. The van der Waals surface area contributed by atoms with Crippen LogP contribution >= 0.6 is 0 Å². The van der Waals surface area contributed by atoms with Gasteiger partial charge >= 0.3 is 0 Å². The summed E-state index contributed by atoms with van der Waals surface area (Å²) in [6.45, 7) is 1.80. The van der Waals surface area contributed by atoms with Crippen molar-refractivity contribution in [3.05, 3.63) is 41.8 Å². The third-order valence-electron chi connectivity index (χ3n) is 2.64. The minimum Gasteiger partial charge on any atom is -0.342 e. The van der Waals surface area contributed by atoms with Gasteiger partial charge in [0.05, 0.1) is 23.5 Å². The molecule has 0 bridgehead atoms. The van der Waals surface area contributed by atoms with Crippen molar-refractivity contribution in [1.82, 2.24) is 20.1 Å². The number of aromatic amines is 1. The van der Waals surface area contributed by atoms with Crippen LogP contribution in [0.5, 0.6) is 0 Å². The van der Waals surface area contributed by atoms with Crippen molar-refractivity contribution in [2.24, 2.45) is 5.73 Å². The Morgan fingerprint density at radius 2 is 2.17 bits per heavy atom. The third-order valence-corrected chi connectivity index (χ3v) is 2.64. The summed E-state index contributed by atoms with van der Waals surface area (Å²) >= 11 is 0. The normalized spacial score (nSPS) is 13.0. The molecule has 6 nitrogen and oxygen atoms in total. The number of aromatic nitrogens is 4. The Bertz CT molecular complexity index is 637. The highest BCUT2D eigenvalue weighted by Gasteiger charge is 2.12. The van der Waals surface area contributed by atoms with Crippen molar-refractivity contribution in [3.8, 4) is 0 Å². The van der Waals surface area contributed by atoms with Gasteiger partial charge in [0.2, 0.25) is 5.89 Å². The van der Waals surface area contributed by atoms with E-state index in [9.17, 15) is 0 Å². The molecule has 1 atom stereocenters. The highest BCUT2D eigenvalue weighted by Crippen LogP contribution is 2.13. The minimum absolute atomic E-state index is 0.248. The maximum Gasteiger partial charge on any atom is 0.243 e. The van der Waals surface area contributed by atoms with Gasteiger partial charge in [-0.1, -0.05) is 17.3 Å². The van der Waals surface area contributed by atoms with Gasteiger partial charge in [-0.15, -0.1) is 0 Å². The highest BCUT2D eigenvalue weighted by atomic mass is 16.5. The molecule has 0 aliphatic heterocycles. The number of H-pyrrole nitrogens is 1. The highest BCUT2D eigenvalue weighted by molar-refractivity contribution is 5.74. The van der Waals surface area contributed by atoms with Gasteiger partial charge in [-0.25, -0.2) is 4.98 Å². The first kappa shape index (κ1) is 10.9. The van der Waals surface area contributed by atoms with Crippen LogP contribution in [0.2, 0.25) is 0 Å². The molecule has 0 saturated heterocycles. The second-order valence-corrected chi connectivity index (χ2v) is 4.21. The van der Waals surface area contributed by atoms with Crippen LogP contribution < -0.4 is 5.73 Å².